The number of thiophene rings is 1. The molecule has 18 heavy (non-hydrogen) atoms. The van der Waals surface area contributed by atoms with Gasteiger partial charge in [0.05, 0.1) is 6.04 Å². The average molecular weight is 266 g/mol. The molecule has 1 heterocycles. The van der Waals surface area contributed by atoms with Gasteiger partial charge in [-0.2, -0.15) is 0 Å². The molecule has 1 fully saturated rings. The minimum atomic E-state index is 0.184. The van der Waals surface area contributed by atoms with Crippen LogP contribution in [0.2, 0.25) is 0 Å². The molecule has 0 bridgehead atoms. The molecule has 0 aromatic carbocycles. The monoisotopic (exact) mass is 266 g/mol. The third-order valence-electron chi connectivity index (χ3n) is 3.74. The molecule has 2 nitrogen and oxygen atoms in total. The van der Waals surface area contributed by atoms with E-state index in [2.05, 4.69) is 44.7 Å². The lowest BCUT2D eigenvalue weighted by molar-refractivity contribution is 0.131. The van der Waals surface area contributed by atoms with Crippen LogP contribution in [-0.4, -0.2) is 23.5 Å². The van der Waals surface area contributed by atoms with Gasteiger partial charge < -0.3 is 5.73 Å². The normalized spacial score (nSPS) is 19.5. The molecule has 2 atom stereocenters. The van der Waals surface area contributed by atoms with Gasteiger partial charge in [0, 0.05) is 28.4 Å². The molecular weight excluding hydrogens is 240 g/mol. The van der Waals surface area contributed by atoms with E-state index in [0.717, 1.165) is 5.92 Å². The van der Waals surface area contributed by atoms with Crippen molar-refractivity contribution in [2.45, 2.75) is 58.7 Å². The van der Waals surface area contributed by atoms with E-state index in [4.69, 9.17) is 5.73 Å². The zero-order chi connectivity index (χ0) is 13.3. The first-order chi connectivity index (χ1) is 8.49. The van der Waals surface area contributed by atoms with Crippen LogP contribution in [0.25, 0.3) is 0 Å². The summed E-state index contributed by atoms with van der Waals surface area (Å²) in [6.07, 6.45) is 2.80. The maximum atomic E-state index is 6.28. The van der Waals surface area contributed by atoms with Gasteiger partial charge in [0.1, 0.15) is 0 Å². The first-order valence-corrected chi connectivity index (χ1v) is 7.88. The molecule has 1 aromatic heterocycles. The van der Waals surface area contributed by atoms with Crippen LogP contribution in [0.4, 0.5) is 0 Å². The Morgan fingerprint density at radius 2 is 2.00 bits per heavy atom. The Kier molecular flexibility index (Phi) is 4.46. The van der Waals surface area contributed by atoms with E-state index in [1.807, 2.05) is 11.3 Å². The minimum absolute atomic E-state index is 0.184. The zero-order valence-electron chi connectivity index (χ0n) is 12.0. The van der Waals surface area contributed by atoms with Crippen molar-refractivity contribution in [2.24, 2.45) is 11.7 Å². The number of nitrogens with zero attached hydrogens (tertiary/aromatic N) is 1. The Bertz CT molecular complexity index is 380. The highest BCUT2D eigenvalue weighted by atomic mass is 32.1. The van der Waals surface area contributed by atoms with Crippen LogP contribution in [0, 0.1) is 12.8 Å². The second-order valence-electron chi connectivity index (χ2n) is 5.99. The second-order valence-corrected chi connectivity index (χ2v) is 7.31. The van der Waals surface area contributed by atoms with E-state index in [0.29, 0.717) is 12.1 Å². The fourth-order valence-electron chi connectivity index (χ4n) is 2.58. The van der Waals surface area contributed by atoms with Crippen molar-refractivity contribution in [3.05, 3.63) is 21.9 Å². The van der Waals surface area contributed by atoms with Gasteiger partial charge in [-0.1, -0.05) is 0 Å². The lowest BCUT2D eigenvalue weighted by atomic mass is 10.0. The summed E-state index contributed by atoms with van der Waals surface area (Å²) in [6, 6.07) is 5.60. The highest BCUT2D eigenvalue weighted by molar-refractivity contribution is 7.12. The summed E-state index contributed by atoms with van der Waals surface area (Å²) in [5.74, 6) is 0.912. The molecule has 2 rings (SSSR count). The van der Waals surface area contributed by atoms with Crippen LogP contribution in [0.1, 0.15) is 49.4 Å². The van der Waals surface area contributed by atoms with Crippen molar-refractivity contribution in [1.29, 1.82) is 0 Å². The van der Waals surface area contributed by atoms with Crippen LogP contribution in [0.5, 0.6) is 0 Å². The number of nitrogens with two attached hydrogens (primary N) is 1. The molecular formula is C15H26N2S. The van der Waals surface area contributed by atoms with Gasteiger partial charge in [0.15, 0.2) is 0 Å². The van der Waals surface area contributed by atoms with Crippen LogP contribution in [0.3, 0.4) is 0 Å². The molecule has 0 amide bonds. The standard InChI is InChI=1S/C15H26N2S/c1-10(2)17(9-13-6-7-13)15(12(4)16)14-8-5-11(3)18-14/h5,8,10,12-13,15H,6-7,9,16H2,1-4H3. The third kappa shape index (κ3) is 3.34. The van der Waals surface area contributed by atoms with Gasteiger partial charge in [-0.15, -0.1) is 11.3 Å². The maximum Gasteiger partial charge on any atom is 0.0593 e. The minimum Gasteiger partial charge on any atom is -0.326 e. The van der Waals surface area contributed by atoms with E-state index >= 15 is 0 Å². The van der Waals surface area contributed by atoms with E-state index in [-0.39, 0.29) is 6.04 Å². The molecule has 0 radical (unpaired) electrons. The van der Waals surface area contributed by atoms with Crippen LogP contribution in [-0.2, 0) is 0 Å². The lowest BCUT2D eigenvalue weighted by Gasteiger charge is -2.37. The highest BCUT2D eigenvalue weighted by Crippen LogP contribution is 2.36. The Balaban J connectivity index is 2.20. The summed E-state index contributed by atoms with van der Waals surface area (Å²) < 4.78 is 0. The molecule has 1 aliphatic carbocycles. The summed E-state index contributed by atoms with van der Waals surface area (Å²) in [5.41, 5.74) is 6.28. The average Bonchev–Trinajstić information content (AvgIpc) is 2.99. The van der Waals surface area contributed by atoms with Gasteiger partial charge in [0.2, 0.25) is 0 Å². The first-order valence-electron chi connectivity index (χ1n) is 7.06. The first kappa shape index (κ1) is 14.0. The smallest absolute Gasteiger partial charge is 0.0593 e. The predicted molar refractivity (Wildman–Crippen MR) is 80.0 cm³/mol. The quantitative estimate of drug-likeness (QED) is 0.853. The summed E-state index contributed by atoms with van der Waals surface area (Å²) in [7, 11) is 0. The Labute approximate surface area is 115 Å². The van der Waals surface area contributed by atoms with Crippen molar-refractivity contribution in [3.63, 3.8) is 0 Å². The number of rotatable bonds is 6. The third-order valence-corrected chi connectivity index (χ3v) is 4.81. The molecule has 1 aromatic rings. The molecule has 0 aliphatic heterocycles. The number of hydrogen-bond donors (Lipinski definition) is 1. The summed E-state index contributed by atoms with van der Waals surface area (Å²) in [4.78, 5) is 5.41. The van der Waals surface area contributed by atoms with E-state index < -0.39 is 0 Å². The second kappa shape index (κ2) is 5.72. The van der Waals surface area contributed by atoms with Crippen molar-refractivity contribution in [3.8, 4) is 0 Å². The molecule has 2 unspecified atom stereocenters. The van der Waals surface area contributed by atoms with Crippen LogP contribution in [0.15, 0.2) is 12.1 Å². The Hall–Kier alpha value is -0.380. The van der Waals surface area contributed by atoms with Crippen LogP contribution >= 0.6 is 11.3 Å². The molecule has 102 valence electrons. The number of hydrogen-bond acceptors (Lipinski definition) is 3. The summed E-state index contributed by atoms with van der Waals surface area (Å²) in [5, 5.41) is 0. The van der Waals surface area contributed by atoms with Gasteiger partial charge in [-0.3, -0.25) is 4.90 Å². The van der Waals surface area contributed by atoms with E-state index in [9.17, 15) is 0 Å². The van der Waals surface area contributed by atoms with Gasteiger partial charge in [-0.25, -0.2) is 0 Å². The van der Waals surface area contributed by atoms with Gasteiger partial charge in [0.25, 0.3) is 0 Å². The molecule has 1 saturated carbocycles. The molecule has 0 spiro atoms. The van der Waals surface area contributed by atoms with E-state index in [1.165, 1.54) is 29.1 Å². The van der Waals surface area contributed by atoms with E-state index in [1.54, 1.807) is 0 Å². The Morgan fingerprint density at radius 1 is 1.33 bits per heavy atom. The van der Waals surface area contributed by atoms with Crippen molar-refractivity contribution in [1.82, 2.24) is 4.90 Å². The molecule has 0 saturated heterocycles. The van der Waals surface area contributed by atoms with Crippen LogP contribution < -0.4 is 5.73 Å². The van der Waals surface area contributed by atoms with Crippen molar-refractivity contribution >= 4 is 11.3 Å². The lowest BCUT2D eigenvalue weighted by Crippen LogP contribution is -2.43. The summed E-state index contributed by atoms with van der Waals surface area (Å²) in [6.45, 7) is 10.1. The largest absolute Gasteiger partial charge is 0.326 e. The van der Waals surface area contributed by atoms with Gasteiger partial charge in [-0.05, 0) is 58.6 Å². The fraction of sp³-hybridized carbons (Fsp3) is 0.733. The molecule has 3 heteroatoms. The molecule has 2 N–H and O–H groups in total. The van der Waals surface area contributed by atoms with Crippen molar-refractivity contribution < 1.29 is 0 Å². The SMILES string of the molecule is Cc1ccc(C(C(C)N)N(CC2CC2)C(C)C)s1. The Morgan fingerprint density at radius 3 is 2.39 bits per heavy atom. The zero-order valence-corrected chi connectivity index (χ0v) is 12.8. The number of aryl methyl sites for hydroxylation is 1. The fourth-order valence-corrected chi connectivity index (χ4v) is 3.70. The topological polar surface area (TPSA) is 29.3 Å². The highest BCUT2D eigenvalue weighted by Gasteiger charge is 2.32. The van der Waals surface area contributed by atoms with Gasteiger partial charge >= 0.3 is 0 Å². The predicted octanol–water partition coefficient (Wildman–Crippen LogP) is 3.57. The maximum absolute atomic E-state index is 6.28. The molecule has 1 aliphatic rings. The van der Waals surface area contributed by atoms with Crippen molar-refractivity contribution in [2.75, 3.05) is 6.54 Å². The summed E-state index contributed by atoms with van der Waals surface area (Å²) >= 11 is 1.90.